The van der Waals surface area contributed by atoms with Crippen molar-refractivity contribution >= 4 is 30.7 Å². The average molecular weight is 288 g/mol. The summed E-state index contributed by atoms with van der Waals surface area (Å²) in [4.78, 5) is 1.34. The highest BCUT2D eigenvalue weighted by atomic mass is 32.4. The molecule has 0 fully saturated rings. The Morgan fingerprint density at radius 1 is 1.29 bits per heavy atom. The van der Waals surface area contributed by atoms with Gasteiger partial charge in [0.05, 0.1) is 0 Å². The molecule has 0 aliphatic carbocycles. The maximum absolute atomic E-state index is 5.98. The van der Waals surface area contributed by atoms with Gasteiger partial charge in [-0.15, -0.1) is 11.3 Å². The minimum absolute atomic E-state index is 0.122. The molecule has 1 aromatic rings. The zero-order valence-electron chi connectivity index (χ0n) is 10.6. The summed E-state index contributed by atoms with van der Waals surface area (Å²) in [6.07, 6.45) is 6.99. The lowest BCUT2D eigenvalue weighted by atomic mass is 9.89. The summed E-state index contributed by atoms with van der Waals surface area (Å²) in [5.41, 5.74) is -0.122. The van der Waals surface area contributed by atoms with Gasteiger partial charge in [0.25, 0.3) is 0 Å². The lowest BCUT2D eigenvalue weighted by Crippen LogP contribution is -2.25. The van der Waals surface area contributed by atoms with Crippen molar-refractivity contribution in [1.82, 2.24) is 0 Å². The van der Waals surface area contributed by atoms with E-state index in [0.29, 0.717) is 7.58 Å². The third kappa shape index (κ3) is 4.40. The van der Waals surface area contributed by atoms with Crippen LogP contribution >= 0.6 is 18.9 Å². The summed E-state index contributed by atoms with van der Waals surface area (Å²) in [5.74, 6) is 0. The van der Waals surface area contributed by atoms with E-state index >= 15 is 0 Å². The van der Waals surface area contributed by atoms with E-state index in [4.69, 9.17) is 16.3 Å². The average Bonchev–Trinajstić information content (AvgIpc) is 2.87. The van der Waals surface area contributed by atoms with Gasteiger partial charge in [-0.25, -0.2) is 0 Å². The lowest BCUT2D eigenvalue weighted by molar-refractivity contribution is 0.0680. The molecule has 0 atom stereocenters. The highest BCUT2D eigenvalue weighted by Gasteiger charge is 2.33. The van der Waals surface area contributed by atoms with Crippen LogP contribution in [0.2, 0.25) is 0 Å². The number of unbranched alkanes of at least 4 members (excludes halogenated alkanes) is 2. The van der Waals surface area contributed by atoms with Gasteiger partial charge in [0.2, 0.25) is 0 Å². The molecule has 0 amide bonds. The van der Waals surface area contributed by atoms with Crippen LogP contribution in [0.1, 0.15) is 57.2 Å². The van der Waals surface area contributed by atoms with E-state index in [-0.39, 0.29) is 5.60 Å². The van der Waals surface area contributed by atoms with Crippen molar-refractivity contribution in [3.8, 4) is 0 Å². The number of rotatable bonds is 9. The molecule has 4 heteroatoms. The zero-order chi connectivity index (χ0) is 12.6. The van der Waals surface area contributed by atoms with Gasteiger partial charge in [-0.2, -0.15) is 0 Å². The van der Waals surface area contributed by atoms with E-state index in [9.17, 15) is 0 Å². The molecule has 0 spiro atoms. The van der Waals surface area contributed by atoms with Crippen LogP contribution < -0.4 is 0 Å². The fourth-order valence-corrected chi connectivity index (χ4v) is 3.88. The fourth-order valence-electron chi connectivity index (χ4n) is 2.04. The normalized spacial score (nSPS) is 12.1. The fraction of sp³-hybridized carbons (Fsp3) is 0.692. The van der Waals surface area contributed by atoms with Crippen molar-refractivity contribution in [2.24, 2.45) is 0 Å². The van der Waals surface area contributed by atoms with Crippen LogP contribution in [0.25, 0.3) is 0 Å². The molecule has 0 aromatic carbocycles. The molecule has 0 N–H and O–H groups in total. The Balaban J connectivity index is 2.88. The zero-order valence-corrected chi connectivity index (χ0v) is 13.2. The largest absolute Gasteiger partial charge is 0.305 e. The lowest BCUT2D eigenvalue weighted by Gasteiger charge is -2.30. The molecule has 17 heavy (non-hydrogen) atoms. The van der Waals surface area contributed by atoms with Crippen LogP contribution in [-0.2, 0) is 21.9 Å². The van der Waals surface area contributed by atoms with Crippen LogP contribution in [-0.4, -0.2) is 0 Å². The quantitative estimate of drug-likeness (QED) is 0.542. The summed E-state index contributed by atoms with van der Waals surface area (Å²) in [6.45, 7) is 4.45. The highest BCUT2D eigenvalue weighted by Crippen LogP contribution is 2.41. The Kier molecular flexibility index (Phi) is 7.45. The molecule has 0 aliphatic rings. The molecule has 1 nitrogen and oxygen atoms in total. The van der Waals surface area contributed by atoms with Crippen LogP contribution in [0.4, 0.5) is 0 Å². The van der Waals surface area contributed by atoms with Crippen molar-refractivity contribution < 1.29 is 4.52 Å². The first-order valence-electron chi connectivity index (χ1n) is 6.34. The third-order valence-electron chi connectivity index (χ3n) is 3.05. The van der Waals surface area contributed by atoms with Crippen molar-refractivity contribution in [1.29, 1.82) is 0 Å². The van der Waals surface area contributed by atoms with E-state index in [0.717, 1.165) is 12.8 Å². The molecule has 96 valence electrons. The first-order chi connectivity index (χ1) is 8.29. The monoisotopic (exact) mass is 288 g/mol. The predicted octanol–water partition coefficient (Wildman–Crippen LogP) is 5.66. The standard InChI is InChI=1S/C13H21OPS2/c1-3-5-9-13(14-15-16,10-6-4-2)12-8-7-11-17-12/h7-8,11H,3-6,9-10H2,1-2H3. The van der Waals surface area contributed by atoms with E-state index in [2.05, 4.69) is 31.4 Å². The Labute approximate surface area is 116 Å². The Morgan fingerprint density at radius 3 is 2.35 bits per heavy atom. The maximum atomic E-state index is 5.98. The SMILES string of the molecule is CCCCC(CCCC)(OP=S)c1cccs1. The van der Waals surface area contributed by atoms with Crippen LogP contribution in [0.5, 0.6) is 0 Å². The Hall–Kier alpha value is 0.180. The Bertz CT molecular complexity index is 303. The molecule has 0 radical (unpaired) electrons. The topological polar surface area (TPSA) is 9.23 Å². The van der Waals surface area contributed by atoms with Gasteiger partial charge in [-0.3, -0.25) is 0 Å². The molecule has 0 aliphatic heterocycles. The van der Waals surface area contributed by atoms with Crippen molar-refractivity contribution in [2.45, 2.75) is 58.0 Å². The van der Waals surface area contributed by atoms with Crippen LogP contribution in [0.3, 0.4) is 0 Å². The first kappa shape index (κ1) is 15.2. The second kappa shape index (κ2) is 8.31. The summed E-state index contributed by atoms with van der Waals surface area (Å²) >= 11 is 6.82. The van der Waals surface area contributed by atoms with Gasteiger partial charge in [0.15, 0.2) is 0 Å². The van der Waals surface area contributed by atoms with Gasteiger partial charge in [0.1, 0.15) is 13.2 Å². The molecular formula is C13H21OPS2. The molecule has 1 aromatic heterocycles. The molecular weight excluding hydrogens is 267 g/mol. The van der Waals surface area contributed by atoms with E-state index in [1.54, 1.807) is 11.3 Å². The number of hydrogen-bond acceptors (Lipinski definition) is 3. The van der Waals surface area contributed by atoms with Crippen LogP contribution in [0.15, 0.2) is 17.5 Å². The maximum Gasteiger partial charge on any atom is 0.137 e. The van der Waals surface area contributed by atoms with E-state index in [1.165, 1.54) is 30.6 Å². The van der Waals surface area contributed by atoms with Crippen molar-refractivity contribution in [2.75, 3.05) is 0 Å². The Morgan fingerprint density at radius 2 is 1.94 bits per heavy atom. The van der Waals surface area contributed by atoms with Gasteiger partial charge >= 0.3 is 0 Å². The first-order valence-corrected chi connectivity index (χ1v) is 9.04. The smallest absolute Gasteiger partial charge is 0.137 e. The molecule has 1 heterocycles. The summed E-state index contributed by atoms with van der Waals surface area (Å²) in [5, 5.41) is 2.13. The van der Waals surface area contributed by atoms with Gasteiger partial charge in [0, 0.05) is 4.88 Å². The third-order valence-corrected chi connectivity index (χ3v) is 4.75. The second-order valence-electron chi connectivity index (χ2n) is 4.34. The minimum atomic E-state index is -0.122. The molecule has 0 unspecified atom stereocenters. The van der Waals surface area contributed by atoms with Gasteiger partial charge in [-0.05, 0) is 36.1 Å². The number of hydrogen-bond donors (Lipinski definition) is 0. The molecule has 0 saturated heterocycles. The van der Waals surface area contributed by atoms with E-state index < -0.39 is 0 Å². The summed E-state index contributed by atoms with van der Waals surface area (Å²) in [7, 11) is 0.629. The summed E-state index contributed by atoms with van der Waals surface area (Å²) < 4.78 is 5.98. The van der Waals surface area contributed by atoms with Crippen molar-refractivity contribution in [3.05, 3.63) is 22.4 Å². The number of thiophene rings is 1. The van der Waals surface area contributed by atoms with Gasteiger partial charge < -0.3 is 4.52 Å². The van der Waals surface area contributed by atoms with E-state index in [1.807, 2.05) is 0 Å². The van der Waals surface area contributed by atoms with Gasteiger partial charge in [-0.1, -0.05) is 45.6 Å². The minimum Gasteiger partial charge on any atom is -0.305 e. The summed E-state index contributed by atoms with van der Waals surface area (Å²) in [6, 6.07) is 4.30. The second-order valence-corrected chi connectivity index (χ2v) is 6.07. The molecule has 0 bridgehead atoms. The predicted molar refractivity (Wildman–Crippen MR) is 80.4 cm³/mol. The van der Waals surface area contributed by atoms with Crippen LogP contribution in [0, 0.1) is 0 Å². The highest BCUT2D eigenvalue weighted by molar-refractivity contribution is 7.94. The molecule has 0 saturated carbocycles. The van der Waals surface area contributed by atoms with Crippen molar-refractivity contribution in [3.63, 3.8) is 0 Å². The molecule has 1 rings (SSSR count).